The molecule has 1 aliphatic carbocycles. The minimum absolute atomic E-state index is 0.0908. The molecule has 0 bridgehead atoms. The van der Waals surface area contributed by atoms with Gasteiger partial charge in [-0.25, -0.2) is 4.98 Å². The Labute approximate surface area is 198 Å². The highest BCUT2D eigenvalue weighted by molar-refractivity contribution is 5.94. The largest absolute Gasteiger partial charge is 0.336 e. The second-order valence-corrected chi connectivity index (χ2v) is 8.48. The molecule has 1 saturated heterocycles. The summed E-state index contributed by atoms with van der Waals surface area (Å²) in [4.78, 5) is 23.6. The van der Waals surface area contributed by atoms with Gasteiger partial charge in [0.25, 0.3) is 5.91 Å². The summed E-state index contributed by atoms with van der Waals surface area (Å²) in [6, 6.07) is 13.8. The molecule has 6 heteroatoms. The number of hydrogen-bond acceptors (Lipinski definition) is 4. The average Bonchev–Trinajstić information content (AvgIpc) is 3.55. The van der Waals surface area contributed by atoms with Gasteiger partial charge in [-0.05, 0) is 47.4 Å². The first-order valence-electron chi connectivity index (χ1n) is 11.5. The Morgan fingerprint density at radius 3 is 2.62 bits per heavy atom. The van der Waals surface area contributed by atoms with Crippen LogP contribution < -0.4 is 5.32 Å². The molecule has 1 fully saturated rings. The predicted octanol–water partition coefficient (Wildman–Crippen LogP) is 3.41. The van der Waals surface area contributed by atoms with Crippen molar-refractivity contribution in [2.45, 2.75) is 6.42 Å². The first kappa shape index (κ1) is 20.4. The Morgan fingerprint density at radius 1 is 0.941 bits per heavy atom. The van der Waals surface area contributed by atoms with Crippen molar-refractivity contribution in [1.29, 1.82) is 0 Å². The number of fused-ring (bicyclic) bond motifs is 2. The van der Waals surface area contributed by atoms with Crippen LogP contribution >= 0.6 is 0 Å². The molecule has 0 unspecified atom stereocenters. The highest BCUT2D eigenvalue weighted by atomic mass is 16.2. The molecule has 1 aliphatic heterocycles. The fraction of sp³-hybridized carbons (Fsp3) is 0.179. The van der Waals surface area contributed by atoms with Crippen molar-refractivity contribution in [2.24, 2.45) is 0 Å². The Morgan fingerprint density at radius 2 is 1.76 bits per heavy atom. The van der Waals surface area contributed by atoms with Gasteiger partial charge in [0.05, 0.1) is 11.9 Å². The summed E-state index contributed by atoms with van der Waals surface area (Å²) < 4.78 is 2.01. The summed E-state index contributed by atoms with van der Waals surface area (Å²) in [6.45, 7) is 3.20. The van der Waals surface area contributed by atoms with Gasteiger partial charge in [0.1, 0.15) is 11.3 Å². The SMILES string of the molecule is O=C(c1ccc(-c2ccc3ncc(C#Cc4ccnc5c4C=CC5)n3c2)cc1)N1CCNCC1. The molecule has 0 spiro atoms. The van der Waals surface area contributed by atoms with E-state index >= 15 is 0 Å². The highest BCUT2D eigenvalue weighted by Gasteiger charge is 2.18. The number of aromatic nitrogens is 3. The normalized spacial score (nSPS) is 14.6. The van der Waals surface area contributed by atoms with Gasteiger partial charge in [-0.2, -0.15) is 0 Å². The van der Waals surface area contributed by atoms with Gasteiger partial charge in [-0.1, -0.05) is 30.2 Å². The summed E-state index contributed by atoms with van der Waals surface area (Å²) >= 11 is 0. The number of carbonyl (C=O) groups excluding carboxylic acids is 1. The maximum Gasteiger partial charge on any atom is 0.253 e. The number of pyridine rings is 2. The van der Waals surface area contributed by atoms with Crippen LogP contribution in [0.4, 0.5) is 0 Å². The predicted molar refractivity (Wildman–Crippen MR) is 132 cm³/mol. The van der Waals surface area contributed by atoms with Crippen molar-refractivity contribution in [1.82, 2.24) is 24.6 Å². The van der Waals surface area contributed by atoms with E-state index in [1.807, 2.05) is 58.0 Å². The number of allylic oxidation sites excluding steroid dienone is 1. The minimum atomic E-state index is 0.0908. The van der Waals surface area contributed by atoms with Crippen molar-refractivity contribution in [3.8, 4) is 23.0 Å². The van der Waals surface area contributed by atoms with Gasteiger partial charge in [0.2, 0.25) is 0 Å². The molecule has 2 aliphatic rings. The molecule has 6 nitrogen and oxygen atoms in total. The summed E-state index contributed by atoms with van der Waals surface area (Å²) in [5.74, 6) is 6.68. The van der Waals surface area contributed by atoms with Crippen molar-refractivity contribution >= 4 is 17.6 Å². The van der Waals surface area contributed by atoms with E-state index in [0.717, 1.165) is 77.5 Å². The molecule has 0 atom stereocenters. The number of amides is 1. The van der Waals surface area contributed by atoms with Gasteiger partial charge < -0.3 is 10.2 Å². The standard InChI is InChI=1S/C28H23N5O/c34-28(32-16-14-29-15-17-32)22-6-4-20(5-7-22)23-9-11-27-31-18-24(33(27)19-23)10-8-21-12-13-30-26-3-1-2-25(21)26/h1-2,4-7,9,11-13,18-19,29H,3,14-17H2. The number of nitrogens with zero attached hydrogens (tertiary/aromatic N) is 4. The zero-order chi connectivity index (χ0) is 22.9. The summed E-state index contributed by atoms with van der Waals surface area (Å²) in [6.07, 6.45) is 10.7. The first-order chi connectivity index (χ1) is 16.8. The number of rotatable bonds is 2. The Kier molecular flexibility index (Phi) is 5.17. The third-order valence-electron chi connectivity index (χ3n) is 6.37. The molecule has 4 aromatic rings. The fourth-order valence-electron chi connectivity index (χ4n) is 4.49. The van der Waals surface area contributed by atoms with Gasteiger partial charge in [-0.3, -0.25) is 14.2 Å². The van der Waals surface area contributed by atoms with Gasteiger partial charge in [0, 0.05) is 61.7 Å². The van der Waals surface area contributed by atoms with Crippen LogP contribution in [0.25, 0.3) is 22.9 Å². The molecule has 1 N–H and O–H groups in total. The van der Waals surface area contributed by atoms with Gasteiger partial charge in [-0.15, -0.1) is 0 Å². The number of piperazine rings is 1. The van der Waals surface area contributed by atoms with E-state index in [-0.39, 0.29) is 5.91 Å². The number of imidazole rings is 1. The second-order valence-electron chi connectivity index (χ2n) is 8.48. The van der Waals surface area contributed by atoms with Crippen LogP contribution in [0.3, 0.4) is 0 Å². The smallest absolute Gasteiger partial charge is 0.253 e. The van der Waals surface area contributed by atoms with Crippen molar-refractivity contribution in [2.75, 3.05) is 26.2 Å². The van der Waals surface area contributed by atoms with Gasteiger partial charge >= 0.3 is 0 Å². The Hall–Kier alpha value is -4.21. The van der Waals surface area contributed by atoms with E-state index in [1.54, 1.807) is 6.20 Å². The fourth-order valence-corrected chi connectivity index (χ4v) is 4.49. The van der Waals surface area contributed by atoms with Crippen LogP contribution in [-0.4, -0.2) is 51.4 Å². The monoisotopic (exact) mass is 445 g/mol. The number of nitrogens with one attached hydrogen (secondary N) is 1. The lowest BCUT2D eigenvalue weighted by Gasteiger charge is -2.27. The Bertz CT molecular complexity index is 1480. The minimum Gasteiger partial charge on any atom is -0.336 e. The lowest BCUT2D eigenvalue weighted by atomic mass is 10.0. The van der Waals surface area contributed by atoms with E-state index in [4.69, 9.17) is 0 Å². The molecule has 3 aromatic heterocycles. The highest BCUT2D eigenvalue weighted by Crippen LogP contribution is 2.23. The summed E-state index contributed by atoms with van der Waals surface area (Å²) in [7, 11) is 0. The molecule has 4 heterocycles. The van der Waals surface area contributed by atoms with Crippen LogP contribution in [-0.2, 0) is 6.42 Å². The van der Waals surface area contributed by atoms with E-state index in [9.17, 15) is 4.79 Å². The van der Waals surface area contributed by atoms with Crippen molar-refractivity contribution < 1.29 is 4.79 Å². The maximum atomic E-state index is 12.8. The third-order valence-corrected chi connectivity index (χ3v) is 6.37. The van der Waals surface area contributed by atoms with E-state index < -0.39 is 0 Å². The summed E-state index contributed by atoms with van der Waals surface area (Å²) in [5.41, 5.74) is 7.65. The average molecular weight is 446 g/mol. The molecule has 1 amide bonds. The zero-order valence-corrected chi connectivity index (χ0v) is 18.7. The number of benzene rings is 1. The van der Waals surface area contributed by atoms with E-state index in [1.165, 1.54) is 0 Å². The van der Waals surface area contributed by atoms with E-state index in [2.05, 4.69) is 45.5 Å². The van der Waals surface area contributed by atoms with Gasteiger partial charge in [0.15, 0.2) is 0 Å². The zero-order valence-electron chi connectivity index (χ0n) is 18.7. The van der Waals surface area contributed by atoms with Crippen LogP contribution in [0, 0.1) is 11.8 Å². The van der Waals surface area contributed by atoms with Crippen LogP contribution in [0.1, 0.15) is 32.9 Å². The molecule has 34 heavy (non-hydrogen) atoms. The lowest BCUT2D eigenvalue weighted by molar-refractivity contribution is 0.0736. The van der Waals surface area contributed by atoms with Crippen LogP contribution in [0.15, 0.2) is 67.1 Å². The molecule has 1 aromatic carbocycles. The Balaban J connectivity index is 1.28. The molecule has 0 radical (unpaired) electrons. The molecule has 6 rings (SSSR count). The van der Waals surface area contributed by atoms with Crippen LogP contribution in [0.5, 0.6) is 0 Å². The molecular weight excluding hydrogens is 422 g/mol. The van der Waals surface area contributed by atoms with Crippen molar-refractivity contribution in [3.05, 3.63) is 95.2 Å². The van der Waals surface area contributed by atoms with Crippen molar-refractivity contribution in [3.63, 3.8) is 0 Å². The molecule has 166 valence electrons. The molecule has 0 saturated carbocycles. The third kappa shape index (κ3) is 3.76. The lowest BCUT2D eigenvalue weighted by Crippen LogP contribution is -2.46. The van der Waals surface area contributed by atoms with Crippen LogP contribution in [0.2, 0.25) is 0 Å². The first-order valence-corrected chi connectivity index (χ1v) is 11.5. The molecular formula is C28H23N5O. The summed E-state index contributed by atoms with van der Waals surface area (Å²) in [5, 5.41) is 3.28. The topological polar surface area (TPSA) is 62.5 Å². The number of carbonyl (C=O) groups is 1. The maximum absolute atomic E-state index is 12.8. The van der Waals surface area contributed by atoms with E-state index in [0.29, 0.717) is 0 Å². The quantitative estimate of drug-likeness (QED) is 0.481. The number of hydrogen-bond donors (Lipinski definition) is 1. The second kappa shape index (κ2) is 8.62.